The van der Waals surface area contributed by atoms with E-state index in [1.54, 1.807) is 7.11 Å². The smallest absolute Gasteiger partial charge is 0.243 e. The second-order valence-corrected chi connectivity index (χ2v) is 5.78. The topological polar surface area (TPSA) is 41.6 Å². The van der Waals surface area contributed by atoms with E-state index < -0.39 is 0 Å². The van der Waals surface area contributed by atoms with Crippen LogP contribution in [0.2, 0.25) is 0 Å². The van der Waals surface area contributed by atoms with E-state index in [1.165, 1.54) is 5.56 Å². The van der Waals surface area contributed by atoms with E-state index in [2.05, 4.69) is 11.4 Å². The fourth-order valence-electron chi connectivity index (χ4n) is 3.00. The molecule has 0 saturated carbocycles. The number of amides is 1. The Labute approximate surface area is 137 Å². The van der Waals surface area contributed by atoms with Crippen molar-refractivity contribution in [2.75, 3.05) is 18.6 Å². The van der Waals surface area contributed by atoms with Gasteiger partial charge < -0.3 is 15.0 Å². The van der Waals surface area contributed by atoms with Gasteiger partial charge in [0.15, 0.2) is 0 Å². The van der Waals surface area contributed by atoms with Gasteiger partial charge in [-0.05, 0) is 31.0 Å². The number of rotatable bonds is 5. The number of ether oxygens (including phenoxy) is 1. The molecule has 23 heavy (non-hydrogen) atoms. The van der Waals surface area contributed by atoms with Crippen LogP contribution in [-0.4, -0.2) is 25.6 Å². The summed E-state index contributed by atoms with van der Waals surface area (Å²) in [5.41, 5.74) is 3.35. The Morgan fingerprint density at radius 2 is 1.96 bits per heavy atom. The Kier molecular flexibility index (Phi) is 4.63. The lowest BCUT2D eigenvalue weighted by atomic mass is 10.1. The van der Waals surface area contributed by atoms with Crippen LogP contribution in [0.25, 0.3) is 0 Å². The number of benzene rings is 2. The number of nitrogens with zero attached hydrogens (tertiary/aromatic N) is 1. The standard InChI is InChI=1S/C19H22N2O2/c1-14(20-13-16-8-4-6-10-18(16)23-2)19(22)21-12-11-15-7-3-5-9-17(15)21/h3-10,14,20H,11-13H2,1-2H3. The molecule has 1 heterocycles. The molecule has 0 radical (unpaired) electrons. The number of nitrogens with one attached hydrogen (secondary N) is 1. The first-order valence-electron chi connectivity index (χ1n) is 7.95. The lowest BCUT2D eigenvalue weighted by Crippen LogP contribution is -2.44. The SMILES string of the molecule is COc1ccccc1CNC(C)C(=O)N1CCc2ccccc21. The molecule has 0 saturated heterocycles. The fraction of sp³-hybridized carbons (Fsp3) is 0.316. The van der Waals surface area contributed by atoms with Gasteiger partial charge in [0, 0.05) is 24.3 Å². The number of methoxy groups -OCH3 is 1. The molecule has 0 spiro atoms. The molecule has 0 aliphatic carbocycles. The van der Waals surface area contributed by atoms with Crippen LogP contribution in [0.1, 0.15) is 18.1 Å². The Morgan fingerprint density at radius 1 is 1.22 bits per heavy atom. The predicted octanol–water partition coefficient (Wildman–Crippen LogP) is 2.76. The Balaban J connectivity index is 1.65. The van der Waals surface area contributed by atoms with Crippen molar-refractivity contribution in [3.63, 3.8) is 0 Å². The lowest BCUT2D eigenvalue weighted by molar-refractivity contribution is -0.120. The molecular formula is C19H22N2O2. The number of anilines is 1. The van der Waals surface area contributed by atoms with Crippen LogP contribution in [0.3, 0.4) is 0 Å². The number of hydrogen-bond acceptors (Lipinski definition) is 3. The highest BCUT2D eigenvalue weighted by Crippen LogP contribution is 2.28. The van der Waals surface area contributed by atoms with Gasteiger partial charge in [-0.1, -0.05) is 36.4 Å². The Bertz CT molecular complexity index is 699. The van der Waals surface area contributed by atoms with Crippen molar-refractivity contribution < 1.29 is 9.53 Å². The molecule has 1 aliphatic rings. The van der Waals surface area contributed by atoms with Gasteiger partial charge in [0.25, 0.3) is 0 Å². The van der Waals surface area contributed by atoms with E-state index >= 15 is 0 Å². The first-order valence-corrected chi connectivity index (χ1v) is 7.95. The van der Waals surface area contributed by atoms with Crippen LogP contribution in [0.15, 0.2) is 48.5 Å². The quantitative estimate of drug-likeness (QED) is 0.923. The minimum atomic E-state index is -0.244. The third-order valence-electron chi connectivity index (χ3n) is 4.31. The molecule has 1 unspecified atom stereocenters. The monoisotopic (exact) mass is 310 g/mol. The van der Waals surface area contributed by atoms with Crippen LogP contribution >= 0.6 is 0 Å². The lowest BCUT2D eigenvalue weighted by Gasteiger charge is -2.22. The molecule has 2 aromatic carbocycles. The van der Waals surface area contributed by atoms with Gasteiger partial charge in [-0.3, -0.25) is 4.79 Å². The minimum Gasteiger partial charge on any atom is -0.496 e. The zero-order valence-electron chi connectivity index (χ0n) is 13.6. The van der Waals surface area contributed by atoms with Crippen molar-refractivity contribution in [1.82, 2.24) is 5.32 Å². The van der Waals surface area contributed by atoms with E-state index in [1.807, 2.05) is 54.3 Å². The highest BCUT2D eigenvalue weighted by Gasteiger charge is 2.27. The van der Waals surface area contributed by atoms with E-state index in [0.717, 1.165) is 30.0 Å². The van der Waals surface area contributed by atoms with Crippen LogP contribution in [0.5, 0.6) is 5.75 Å². The largest absolute Gasteiger partial charge is 0.496 e. The average molecular weight is 310 g/mol. The summed E-state index contributed by atoms with van der Waals surface area (Å²) in [5.74, 6) is 0.955. The van der Waals surface area contributed by atoms with Gasteiger partial charge in [0.2, 0.25) is 5.91 Å². The van der Waals surface area contributed by atoms with E-state index in [4.69, 9.17) is 4.74 Å². The summed E-state index contributed by atoms with van der Waals surface area (Å²) in [6.45, 7) is 3.28. The predicted molar refractivity (Wildman–Crippen MR) is 91.8 cm³/mol. The number of para-hydroxylation sites is 2. The van der Waals surface area contributed by atoms with Crippen LogP contribution in [-0.2, 0) is 17.8 Å². The van der Waals surface area contributed by atoms with E-state index in [-0.39, 0.29) is 11.9 Å². The van der Waals surface area contributed by atoms with Gasteiger partial charge >= 0.3 is 0 Å². The molecule has 4 nitrogen and oxygen atoms in total. The summed E-state index contributed by atoms with van der Waals surface area (Å²) >= 11 is 0. The van der Waals surface area contributed by atoms with Gasteiger partial charge in [-0.25, -0.2) is 0 Å². The van der Waals surface area contributed by atoms with Gasteiger partial charge in [0.1, 0.15) is 5.75 Å². The second kappa shape index (κ2) is 6.84. The Morgan fingerprint density at radius 3 is 2.78 bits per heavy atom. The average Bonchev–Trinajstić information content (AvgIpc) is 3.03. The highest BCUT2D eigenvalue weighted by atomic mass is 16.5. The van der Waals surface area contributed by atoms with Gasteiger partial charge in [-0.2, -0.15) is 0 Å². The maximum atomic E-state index is 12.7. The number of hydrogen-bond donors (Lipinski definition) is 1. The van der Waals surface area contributed by atoms with Crippen LogP contribution in [0.4, 0.5) is 5.69 Å². The number of carbonyl (C=O) groups is 1. The van der Waals surface area contributed by atoms with Crippen LogP contribution < -0.4 is 15.0 Å². The van der Waals surface area contributed by atoms with Crippen molar-refractivity contribution in [2.24, 2.45) is 0 Å². The number of fused-ring (bicyclic) bond motifs is 1. The molecule has 1 amide bonds. The summed E-state index contributed by atoms with van der Waals surface area (Å²) < 4.78 is 5.35. The zero-order valence-corrected chi connectivity index (χ0v) is 13.6. The third-order valence-corrected chi connectivity index (χ3v) is 4.31. The molecule has 4 heteroatoms. The van der Waals surface area contributed by atoms with E-state index in [9.17, 15) is 4.79 Å². The van der Waals surface area contributed by atoms with Crippen molar-refractivity contribution in [2.45, 2.75) is 25.9 Å². The first-order chi connectivity index (χ1) is 11.2. The molecule has 3 rings (SSSR count). The molecule has 1 aliphatic heterocycles. The minimum absolute atomic E-state index is 0.116. The van der Waals surface area contributed by atoms with Crippen LogP contribution in [0, 0.1) is 0 Å². The Hall–Kier alpha value is -2.33. The molecule has 120 valence electrons. The normalized spacial score (nSPS) is 14.4. The molecule has 1 atom stereocenters. The number of carbonyl (C=O) groups excluding carboxylic acids is 1. The summed E-state index contributed by atoms with van der Waals surface area (Å²) in [4.78, 5) is 14.6. The summed E-state index contributed by atoms with van der Waals surface area (Å²) in [5, 5.41) is 3.31. The van der Waals surface area contributed by atoms with Crippen molar-refractivity contribution >= 4 is 11.6 Å². The highest BCUT2D eigenvalue weighted by molar-refractivity contribution is 5.98. The molecule has 0 aromatic heterocycles. The van der Waals surface area contributed by atoms with Crippen molar-refractivity contribution in [1.29, 1.82) is 0 Å². The summed E-state index contributed by atoms with van der Waals surface area (Å²) in [6, 6.07) is 15.7. The second-order valence-electron chi connectivity index (χ2n) is 5.78. The molecule has 1 N–H and O–H groups in total. The molecule has 0 fully saturated rings. The van der Waals surface area contributed by atoms with Gasteiger partial charge in [0.05, 0.1) is 13.2 Å². The van der Waals surface area contributed by atoms with Crippen molar-refractivity contribution in [3.05, 3.63) is 59.7 Å². The van der Waals surface area contributed by atoms with Crippen molar-refractivity contribution in [3.8, 4) is 5.75 Å². The maximum absolute atomic E-state index is 12.7. The zero-order chi connectivity index (χ0) is 16.2. The summed E-state index contributed by atoms with van der Waals surface area (Å²) in [6.07, 6.45) is 0.932. The summed E-state index contributed by atoms with van der Waals surface area (Å²) in [7, 11) is 1.66. The third kappa shape index (κ3) is 3.22. The fourth-order valence-corrected chi connectivity index (χ4v) is 3.00. The van der Waals surface area contributed by atoms with E-state index in [0.29, 0.717) is 6.54 Å². The molecule has 0 bridgehead atoms. The maximum Gasteiger partial charge on any atom is 0.243 e. The molecule has 2 aromatic rings. The first kappa shape index (κ1) is 15.6. The molecular weight excluding hydrogens is 288 g/mol. The van der Waals surface area contributed by atoms with Gasteiger partial charge in [-0.15, -0.1) is 0 Å².